The van der Waals surface area contributed by atoms with Crippen molar-refractivity contribution in [3.8, 4) is 28.2 Å². The summed E-state index contributed by atoms with van der Waals surface area (Å²) in [5.74, 6) is 0.971. The van der Waals surface area contributed by atoms with Gasteiger partial charge in [0.1, 0.15) is 17.0 Å². The third-order valence-corrected chi connectivity index (χ3v) is 8.53. The van der Waals surface area contributed by atoms with E-state index >= 15 is 0 Å². The Labute approximate surface area is 241 Å². The molecule has 0 N–H and O–H groups in total. The van der Waals surface area contributed by atoms with Gasteiger partial charge in [-0.3, -0.25) is 0 Å². The van der Waals surface area contributed by atoms with Crippen molar-refractivity contribution in [3.63, 3.8) is 0 Å². The maximum absolute atomic E-state index is 6.48. The van der Waals surface area contributed by atoms with Crippen LogP contribution in [0.2, 0.25) is 0 Å². The first kappa shape index (κ1) is 23.1. The predicted molar refractivity (Wildman–Crippen MR) is 173 cm³/mol. The maximum atomic E-state index is 6.48. The van der Waals surface area contributed by atoms with E-state index in [-0.39, 0.29) is 0 Å². The topological polar surface area (TPSA) is 35.9 Å². The number of aromatic nitrogens is 3. The molecule has 0 unspecified atom stereocenters. The van der Waals surface area contributed by atoms with E-state index in [0.29, 0.717) is 0 Å². The molecule has 0 saturated heterocycles. The molecule has 198 valence electrons. The minimum atomic E-state index is 0.916. The van der Waals surface area contributed by atoms with Crippen LogP contribution < -0.4 is 0 Å². The van der Waals surface area contributed by atoms with Crippen LogP contribution in [0.15, 0.2) is 138 Å². The van der Waals surface area contributed by atoms with Crippen molar-refractivity contribution in [3.05, 3.63) is 133 Å². The lowest BCUT2D eigenvalue weighted by molar-refractivity contribution is 0.673. The quantitative estimate of drug-likeness (QED) is 0.224. The van der Waals surface area contributed by atoms with Gasteiger partial charge < -0.3 is 13.6 Å². The Bertz CT molecular complexity index is 2480. The minimum absolute atomic E-state index is 0.916. The van der Waals surface area contributed by atoms with Gasteiger partial charge in [-0.1, -0.05) is 84.9 Å². The average molecular weight is 540 g/mol. The lowest BCUT2D eigenvalue weighted by atomic mass is 10.0. The number of hydrogen-bond acceptors (Lipinski definition) is 2. The number of rotatable bonds is 3. The lowest BCUT2D eigenvalue weighted by Gasteiger charge is -2.11. The SMILES string of the molecule is Cn1c(-c2ccccc2)nc2ccc(-c3cccc(-n4c5ccccc5c5c6oc7ccccc7c6ccc54)c3)cc21. The van der Waals surface area contributed by atoms with Crippen molar-refractivity contribution in [1.82, 2.24) is 14.1 Å². The Kier molecular flexibility index (Phi) is 4.79. The fourth-order valence-corrected chi connectivity index (χ4v) is 6.55. The number of nitrogens with zero attached hydrogens (tertiary/aromatic N) is 3. The van der Waals surface area contributed by atoms with Gasteiger partial charge in [0.15, 0.2) is 0 Å². The number of para-hydroxylation sites is 2. The van der Waals surface area contributed by atoms with Gasteiger partial charge in [0.2, 0.25) is 0 Å². The second-order valence-corrected chi connectivity index (χ2v) is 10.9. The van der Waals surface area contributed by atoms with Gasteiger partial charge in [-0.25, -0.2) is 4.98 Å². The van der Waals surface area contributed by atoms with Gasteiger partial charge in [-0.2, -0.15) is 0 Å². The zero-order valence-electron chi connectivity index (χ0n) is 23.0. The van der Waals surface area contributed by atoms with Crippen LogP contribution >= 0.6 is 0 Å². The van der Waals surface area contributed by atoms with Crippen LogP contribution in [0.5, 0.6) is 0 Å². The minimum Gasteiger partial charge on any atom is -0.455 e. The molecule has 4 heteroatoms. The Balaban J connectivity index is 1.24. The van der Waals surface area contributed by atoms with Crippen LogP contribution in [0.3, 0.4) is 0 Å². The molecule has 4 nitrogen and oxygen atoms in total. The molecule has 0 radical (unpaired) electrons. The van der Waals surface area contributed by atoms with Gasteiger partial charge >= 0.3 is 0 Å². The fraction of sp³-hybridized carbons (Fsp3) is 0.0263. The highest BCUT2D eigenvalue weighted by atomic mass is 16.3. The molecule has 0 saturated carbocycles. The van der Waals surface area contributed by atoms with E-state index < -0.39 is 0 Å². The molecule has 0 aliphatic heterocycles. The molecule has 9 aromatic rings. The summed E-state index contributed by atoms with van der Waals surface area (Å²) < 4.78 is 11.0. The van der Waals surface area contributed by atoms with E-state index in [4.69, 9.17) is 9.40 Å². The summed E-state index contributed by atoms with van der Waals surface area (Å²) in [6, 6.07) is 47.0. The molecule has 6 aromatic carbocycles. The number of hydrogen-bond donors (Lipinski definition) is 0. The first-order chi connectivity index (χ1) is 20.7. The summed E-state index contributed by atoms with van der Waals surface area (Å²) in [6.45, 7) is 0. The van der Waals surface area contributed by atoms with Crippen LogP contribution in [-0.2, 0) is 7.05 Å². The predicted octanol–water partition coefficient (Wildman–Crippen LogP) is 9.90. The molecule has 3 aromatic heterocycles. The molecule has 0 aliphatic carbocycles. The summed E-state index contributed by atoms with van der Waals surface area (Å²) >= 11 is 0. The third kappa shape index (κ3) is 3.26. The van der Waals surface area contributed by atoms with E-state index in [1.807, 2.05) is 18.2 Å². The first-order valence-corrected chi connectivity index (χ1v) is 14.2. The van der Waals surface area contributed by atoms with Gasteiger partial charge in [-0.15, -0.1) is 0 Å². The Hall–Kier alpha value is -5.61. The van der Waals surface area contributed by atoms with Crippen molar-refractivity contribution < 1.29 is 4.42 Å². The third-order valence-electron chi connectivity index (χ3n) is 8.53. The zero-order chi connectivity index (χ0) is 27.8. The summed E-state index contributed by atoms with van der Waals surface area (Å²) in [7, 11) is 2.09. The molecule has 0 spiro atoms. The molecule has 42 heavy (non-hydrogen) atoms. The molecule has 0 atom stereocenters. The second-order valence-electron chi connectivity index (χ2n) is 10.9. The number of aryl methyl sites for hydroxylation is 1. The lowest BCUT2D eigenvalue weighted by Crippen LogP contribution is -1.94. The summed E-state index contributed by atoms with van der Waals surface area (Å²) in [4.78, 5) is 4.93. The van der Waals surface area contributed by atoms with Crippen molar-refractivity contribution >= 4 is 54.8 Å². The molecule has 0 amide bonds. The number of fused-ring (bicyclic) bond motifs is 8. The Morgan fingerprint density at radius 1 is 0.548 bits per heavy atom. The molecular weight excluding hydrogens is 514 g/mol. The van der Waals surface area contributed by atoms with Crippen LogP contribution in [0, 0.1) is 0 Å². The first-order valence-electron chi connectivity index (χ1n) is 14.2. The summed E-state index contributed by atoms with van der Waals surface area (Å²) in [6.07, 6.45) is 0. The molecule has 0 bridgehead atoms. The van der Waals surface area contributed by atoms with Gasteiger partial charge in [0, 0.05) is 34.5 Å². The van der Waals surface area contributed by atoms with E-state index in [1.165, 1.54) is 5.39 Å². The molecule has 9 rings (SSSR count). The van der Waals surface area contributed by atoms with E-state index in [9.17, 15) is 0 Å². The van der Waals surface area contributed by atoms with E-state index in [1.54, 1.807) is 0 Å². The Morgan fingerprint density at radius 3 is 2.21 bits per heavy atom. The van der Waals surface area contributed by atoms with E-state index in [2.05, 4.69) is 131 Å². The molecule has 3 heterocycles. The number of imidazole rings is 1. The zero-order valence-corrected chi connectivity index (χ0v) is 23.0. The molecular formula is C38H25N3O. The maximum Gasteiger partial charge on any atom is 0.145 e. The summed E-state index contributed by atoms with van der Waals surface area (Å²) in [5.41, 5.74) is 10.8. The summed E-state index contributed by atoms with van der Waals surface area (Å²) in [5, 5.41) is 4.63. The second kappa shape index (κ2) is 8.69. The monoisotopic (exact) mass is 539 g/mol. The van der Waals surface area contributed by atoms with Gasteiger partial charge in [0.25, 0.3) is 0 Å². The smallest absolute Gasteiger partial charge is 0.145 e. The average Bonchev–Trinajstić information content (AvgIpc) is 3.70. The van der Waals surface area contributed by atoms with Crippen LogP contribution in [0.25, 0.3) is 83.0 Å². The highest BCUT2D eigenvalue weighted by Crippen LogP contribution is 2.41. The van der Waals surface area contributed by atoms with Crippen LogP contribution in [0.1, 0.15) is 0 Å². The number of benzene rings is 6. The largest absolute Gasteiger partial charge is 0.455 e. The normalized spacial score (nSPS) is 11.9. The van der Waals surface area contributed by atoms with Crippen molar-refractivity contribution in [2.24, 2.45) is 7.05 Å². The van der Waals surface area contributed by atoms with Crippen molar-refractivity contribution in [2.45, 2.75) is 0 Å². The fourth-order valence-electron chi connectivity index (χ4n) is 6.55. The van der Waals surface area contributed by atoms with Crippen LogP contribution in [-0.4, -0.2) is 14.1 Å². The highest BCUT2D eigenvalue weighted by Gasteiger charge is 2.19. The molecule has 0 fully saturated rings. The van der Waals surface area contributed by atoms with Gasteiger partial charge in [-0.05, 0) is 59.7 Å². The number of furan rings is 1. The Morgan fingerprint density at radius 2 is 1.31 bits per heavy atom. The van der Waals surface area contributed by atoms with Crippen molar-refractivity contribution in [1.29, 1.82) is 0 Å². The highest BCUT2D eigenvalue weighted by molar-refractivity contribution is 6.23. The standard InChI is InChI=1S/C38H25N3O/c1-40-34-23-26(18-20-31(34)39-38(40)24-10-3-2-4-11-24)25-12-9-13-27(22-25)41-32-16-7-5-15-30(32)36-33(41)21-19-29-28-14-6-8-17-35(28)42-37(29)36/h2-23H,1H3. The van der Waals surface area contributed by atoms with E-state index in [0.717, 1.165) is 77.6 Å². The van der Waals surface area contributed by atoms with Crippen LogP contribution in [0.4, 0.5) is 0 Å². The molecule has 0 aliphatic rings. The van der Waals surface area contributed by atoms with Gasteiger partial charge in [0.05, 0.1) is 27.5 Å². The van der Waals surface area contributed by atoms with Crippen molar-refractivity contribution in [2.75, 3.05) is 0 Å².